The van der Waals surface area contributed by atoms with Crippen molar-refractivity contribution < 1.29 is 0 Å². The molecule has 1 N–H and O–H groups in total. The second-order valence-electron chi connectivity index (χ2n) is 2.91. The molecule has 2 rings (SSSR count). The fourth-order valence-electron chi connectivity index (χ4n) is 1.20. The second kappa shape index (κ2) is 3.92. The van der Waals surface area contributed by atoms with Crippen molar-refractivity contribution in [3.63, 3.8) is 0 Å². The van der Waals surface area contributed by atoms with Crippen molar-refractivity contribution in [3.8, 4) is 11.4 Å². The lowest BCUT2D eigenvalue weighted by Gasteiger charge is -2.01. The van der Waals surface area contributed by atoms with E-state index in [0.29, 0.717) is 20.9 Å². The third kappa shape index (κ3) is 2.04. The van der Waals surface area contributed by atoms with Gasteiger partial charge in [-0.1, -0.05) is 23.2 Å². The average molecular weight is 261 g/mol. The molecular weight excluding hydrogens is 255 g/mol. The van der Waals surface area contributed by atoms with Gasteiger partial charge < -0.3 is 4.57 Å². The predicted molar refractivity (Wildman–Crippen MR) is 61.6 cm³/mol. The van der Waals surface area contributed by atoms with Crippen molar-refractivity contribution in [2.45, 2.75) is 0 Å². The lowest BCUT2D eigenvalue weighted by Crippen LogP contribution is -1.93. The van der Waals surface area contributed by atoms with Crippen molar-refractivity contribution in [2.24, 2.45) is 7.05 Å². The molecule has 7 heteroatoms. The Hall–Kier alpha value is -0.910. The van der Waals surface area contributed by atoms with Gasteiger partial charge in [-0.25, -0.2) is 4.98 Å². The number of nitrogens with zero attached hydrogens (tertiary/aromatic N) is 3. The van der Waals surface area contributed by atoms with Crippen LogP contribution >= 0.6 is 35.4 Å². The van der Waals surface area contributed by atoms with Crippen LogP contribution in [0.3, 0.4) is 0 Å². The molecule has 0 spiro atoms. The summed E-state index contributed by atoms with van der Waals surface area (Å²) in [5.41, 5.74) is 0.773. The molecule has 0 aliphatic carbocycles. The van der Waals surface area contributed by atoms with Crippen LogP contribution in [0, 0.1) is 4.77 Å². The summed E-state index contributed by atoms with van der Waals surface area (Å²) in [6, 6.07) is 3.36. The number of pyridine rings is 1. The molecule has 0 aliphatic heterocycles. The number of hydrogen-bond donors (Lipinski definition) is 1. The molecule has 2 heterocycles. The normalized spacial score (nSPS) is 10.6. The molecule has 0 fully saturated rings. The van der Waals surface area contributed by atoms with Crippen LogP contribution in [0.2, 0.25) is 10.3 Å². The Morgan fingerprint density at radius 2 is 1.93 bits per heavy atom. The maximum Gasteiger partial charge on any atom is 0.195 e. The summed E-state index contributed by atoms with van der Waals surface area (Å²) in [4.78, 5) is 3.85. The molecule has 0 aliphatic rings. The minimum atomic E-state index is 0.325. The zero-order valence-electron chi connectivity index (χ0n) is 7.66. The zero-order valence-corrected chi connectivity index (χ0v) is 9.99. The van der Waals surface area contributed by atoms with Crippen molar-refractivity contribution in [1.82, 2.24) is 19.7 Å². The van der Waals surface area contributed by atoms with Crippen LogP contribution in [0.25, 0.3) is 11.4 Å². The minimum Gasteiger partial charge on any atom is -0.303 e. The fraction of sp³-hybridized carbons (Fsp3) is 0.125. The number of aromatic nitrogens is 4. The first-order valence-electron chi connectivity index (χ1n) is 4.03. The largest absolute Gasteiger partial charge is 0.303 e. The van der Waals surface area contributed by atoms with Crippen molar-refractivity contribution in [1.29, 1.82) is 0 Å². The van der Waals surface area contributed by atoms with Crippen LogP contribution in [0.5, 0.6) is 0 Å². The van der Waals surface area contributed by atoms with E-state index in [-0.39, 0.29) is 0 Å². The Kier molecular flexibility index (Phi) is 2.77. The summed E-state index contributed by atoms with van der Waals surface area (Å²) in [5.74, 6) is 0.672. The molecule has 0 unspecified atom stereocenters. The van der Waals surface area contributed by atoms with Crippen molar-refractivity contribution >= 4 is 35.4 Å². The SMILES string of the molecule is Cn1c(-c2cc(Cl)nc(Cl)c2)n[nH]c1=S. The number of nitrogens with one attached hydrogen (secondary N) is 1. The van der Waals surface area contributed by atoms with Gasteiger partial charge in [0.1, 0.15) is 10.3 Å². The Balaban J connectivity index is 2.63. The third-order valence-electron chi connectivity index (χ3n) is 1.90. The van der Waals surface area contributed by atoms with Gasteiger partial charge in [0.05, 0.1) is 0 Å². The van der Waals surface area contributed by atoms with E-state index in [1.165, 1.54) is 0 Å². The monoisotopic (exact) mass is 260 g/mol. The molecule has 2 aromatic rings. The first-order chi connectivity index (χ1) is 7.08. The molecule has 0 saturated heterocycles. The van der Waals surface area contributed by atoms with Crippen LogP contribution in [0.4, 0.5) is 0 Å². The molecule has 0 amide bonds. The van der Waals surface area contributed by atoms with E-state index < -0.39 is 0 Å². The maximum atomic E-state index is 5.79. The summed E-state index contributed by atoms with van der Waals surface area (Å²) in [7, 11) is 1.81. The van der Waals surface area contributed by atoms with Crippen molar-refractivity contribution in [3.05, 3.63) is 27.2 Å². The van der Waals surface area contributed by atoms with Crippen molar-refractivity contribution in [2.75, 3.05) is 0 Å². The van der Waals surface area contributed by atoms with Gasteiger partial charge in [0, 0.05) is 12.6 Å². The lowest BCUT2D eigenvalue weighted by atomic mass is 10.2. The van der Waals surface area contributed by atoms with Gasteiger partial charge in [0.2, 0.25) is 0 Å². The molecule has 78 valence electrons. The first kappa shape index (κ1) is 10.6. The molecule has 4 nitrogen and oxygen atoms in total. The quantitative estimate of drug-likeness (QED) is 0.634. The summed E-state index contributed by atoms with van der Waals surface area (Å²) >= 11 is 16.6. The lowest BCUT2D eigenvalue weighted by molar-refractivity contribution is 0.901. The summed E-state index contributed by atoms with van der Waals surface area (Å²) in [6.45, 7) is 0. The molecule has 0 radical (unpaired) electrons. The van der Waals surface area contributed by atoms with Gasteiger partial charge in [-0.05, 0) is 24.4 Å². The van der Waals surface area contributed by atoms with E-state index in [1.807, 2.05) is 7.05 Å². The van der Waals surface area contributed by atoms with Gasteiger partial charge in [-0.3, -0.25) is 5.10 Å². The minimum absolute atomic E-state index is 0.325. The standard InChI is InChI=1S/C8H6Cl2N4S/c1-14-7(12-13-8(14)15)4-2-5(9)11-6(10)3-4/h2-3H,1H3,(H,13,15). The van der Waals surface area contributed by atoms with Gasteiger partial charge in [-0.2, -0.15) is 5.10 Å². The maximum absolute atomic E-state index is 5.79. The van der Waals surface area contributed by atoms with Crippen LogP contribution < -0.4 is 0 Å². The Morgan fingerprint density at radius 1 is 1.33 bits per heavy atom. The van der Waals surface area contributed by atoms with Crippen LogP contribution in [-0.4, -0.2) is 19.7 Å². The molecular formula is C8H6Cl2N4S. The summed E-state index contributed by atoms with van der Waals surface area (Å²) in [5, 5.41) is 7.40. The number of rotatable bonds is 1. The number of hydrogen-bond acceptors (Lipinski definition) is 3. The van der Waals surface area contributed by atoms with Gasteiger partial charge in [0.25, 0.3) is 0 Å². The molecule has 0 saturated carbocycles. The van der Waals surface area contributed by atoms with Crippen LogP contribution in [0.15, 0.2) is 12.1 Å². The van der Waals surface area contributed by atoms with Crippen LogP contribution in [0.1, 0.15) is 0 Å². The zero-order chi connectivity index (χ0) is 11.0. The topological polar surface area (TPSA) is 46.5 Å². The van der Waals surface area contributed by atoms with E-state index in [0.717, 1.165) is 5.56 Å². The third-order valence-corrected chi connectivity index (χ3v) is 2.65. The summed E-state index contributed by atoms with van der Waals surface area (Å²) < 4.78 is 2.27. The molecule has 15 heavy (non-hydrogen) atoms. The Bertz CT molecular complexity index is 540. The fourth-order valence-corrected chi connectivity index (χ4v) is 1.79. The highest BCUT2D eigenvalue weighted by molar-refractivity contribution is 7.71. The molecule has 2 aromatic heterocycles. The first-order valence-corrected chi connectivity index (χ1v) is 5.19. The van der Waals surface area contributed by atoms with Gasteiger partial charge >= 0.3 is 0 Å². The Morgan fingerprint density at radius 3 is 2.40 bits per heavy atom. The molecule has 0 atom stereocenters. The highest BCUT2D eigenvalue weighted by Gasteiger charge is 2.08. The Labute approximate surface area is 101 Å². The van der Waals surface area contributed by atoms with E-state index >= 15 is 0 Å². The smallest absolute Gasteiger partial charge is 0.195 e. The summed E-state index contributed by atoms with van der Waals surface area (Å²) in [6.07, 6.45) is 0. The van der Waals surface area contributed by atoms with Crippen LogP contribution in [-0.2, 0) is 7.05 Å². The second-order valence-corrected chi connectivity index (χ2v) is 4.07. The predicted octanol–water partition coefficient (Wildman–Crippen LogP) is 2.85. The average Bonchev–Trinajstić information content (AvgIpc) is 2.46. The van der Waals surface area contributed by atoms with E-state index in [2.05, 4.69) is 15.2 Å². The van der Waals surface area contributed by atoms with Gasteiger partial charge in [-0.15, -0.1) is 0 Å². The molecule has 0 aromatic carbocycles. The number of aromatic amines is 1. The van der Waals surface area contributed by atoms with E-state index in [4.69, 9.17) is 35.4 Å². The number of halogens is 2. The van der Waals surface area contributed by atoms with Gasteiger partial charge in [0.15, 0.2) is 10.6 Å². The number of H-pyrrole nitrogens is 1. The van der Waals surface area contributed by atoms with E-state index in [9.17, 15) is 0 Å². The molecule has 0 bridgehead atoms. The highest BCUT2D eigenvalue weighted by atomic mass is 35.5. The highest BCUT2D eigenvalue weighted by Crippen LogP contribution is 2.22. The van der Waals surface area contributed by atoms with E-state index in [1.54, 1.807) is 16.7 Å².